The Hall–Kier alpha value is -2.28. The van der Waals surface area contributed by atoms with Crippen molar-refractivity contribution in [1.82, 2.24) is 0 Å². The van der Waals surface area contributed by atoms with Gasteiger partial charge in [0.1, 0.15) is 6.61 Å². The molecule has 0 fully saturated rings. The molecular formula is C17H16F2O4S. The van der Waals surface area contributed by atoms with Crippen LogP contribution in [0.5, 0.6) is 0 Å². The maximum Gasteiger partial charge on any atom is 0.350 e. The molecule has 0 aliphatic heterocycles. The number of halogens is 2. The van der Waals surface area contributed by atoms with Crippen molar-refractivity contribution in [2.75, 3.05) is 0 Å². The van der Waals surface area contributed by atoms with Crippen molar-refractivity contribution >= 4 is 15.8 Å². The minimum atomic E-state index is -4.84. The molecule has 0 aromatic heterocycles. The molecule has 0 aliphatic rings. The van der Waals surface area contributed by atoms with E-state index < -0.39 is 38.8 Å². The van der Waals surface area contributed by atoms with Crippen LogP contribution in [0.1, 0.15) is 18.4 Å². The summed E-state index contributed by atoms with van der Waals surface area (Å²) in [7, 11) is -4.84. The van der Waals surface area contributed by atoms with E-state index in [0.717, 1.165) is 17.7 Å². The van der Waals surface area contributed by atoms with Crippen LogP contribution in [0, 0.1) is 0 Å². The van der Waals surface area contributed by atoms with Gasteiger partial charge in [-0.25, -0.2) is 8.42 Å². The highest BCUT2D eigenvalue weighted by atomic mass is 32.2. The van der Waals surface area contributed by atoms with E-state index in [0.29, 0.717) is 0 Å². The predicted molar refractivity (Wildman–Crippen MR) is 84.0 cm³/mol. The minimum absolute atomic E-state index is 0.0450. The maximum atomic E-state index is 14.0. The Morgan fingerprint density at radius 3 is 2.08 bits per heavy atom. The Kier molecular flexibility index (Phi) is 5.66. The van der Waals surface area contributed by atoms with E-state index >= 15 is 0 Å². The van der Waals surface area contributed by atoms with Crippen LogP contribution < -0.4 is 0 Å². The van der Waals surface area contributed by atoms with Crippen molar-refractivity contribution in [3.05, 3.63) is 66.2 Å². The first-order valence-corrected chi connectivity index (χ1v) is 8.68. The summed E-state index contributed by atoms with van der Waals surface area (Å²) in [5.41, 5.74) is 0.717. The zero-order chi connectivity index (χ0) is 17.6. The second-order valence-corrected chi connectivity index (χ2v) is 7.18. The predicted octanol–water partition coefficient (Wildman–Crippen LogP) is 3.58. The normalized spacial score (nSPS) is 11.9. The summed E-state index contributed by atoms with van der Waals surface area (Å²) in [5, 5.41) is -4.04. The highest BCUT2D eigenvalue weighted by Crippen LogP contribution is 2.33. The second-order valence-electron chi connectivity index (χ2n) is 5.10. The topological polar surface area (TPSA) is 60.4 Å². The average molecular weight is 354 g/mol. The number of benzene rings is 2. The van der Waals surface area contributed by atoms with Crippen LogP contribution in [0.2, 0.25) is 0 Å². The molecule has 0 spiro atoms. The number of sulfone groups is 1. The van der Waals surface area contributed by atoms with Crippen LogP contribution in [0.4, 0.5) is 8.78 Å². The van der Waals surface area contributed by atoms with Crippen molar-refractivity contribution < 1.29 is 26.7 Å². The molecule has 24 heavy (non-hydrogen) atoms. The second kappa shape index (κ2) is 7.53. The highest BCUT2D eigenvalue weighted by molar-refractivity contribution is 7.92. The standard InChI is InChI=1S/C17H16F2O4S/c18-17(19,24(21,22)15-9-5-2-6-10-15)12-11-16(20)23-13-14-7-3-1-4-8-14/h1-10H,11-13H2. The molecule has 0 aliphatic carbocycles. The fourth-order valence-electron chi connectivity index (χ4n) is 1.96. The lowest BCUT2D eigenvalue weighted by molar-refractivity contribution is -0.146. The van der Waals surface area contributed by atoms with Gasteiger partial charge in [-0.15, -0.1) is 0 Å². The molecule has 0 bridgehead atoms. The summed E-state index contributed by atoms with van der Waals surface area (Å²) in [6.45, 7) is -0.0450. The molecule has 4 nitrogen and oxygen atoms in total. The van der Waals surface area contributed by atoms with Crippen molar-refractivity contribution in [2.24, 2.45) is 0 Å². The summed E-state index contributed by atoms with van der Waals surface area (Å²) in [6.07, 6.45) is -1.82. The Labute approximate surface area is 139 Å². The van der Waals surface area contributed by atoms with Gasteiger partial charge in [-0.05, 0) is 17.7 Å². The Balaban J connectivity index is 1.93. The van der Waals surface area contributed by atoms with Crippen LogP contribution in [0.15, 0.2) is 65.6 Å². The lowest BCUT2D eigenvalue weighted by Crippen LogP contribution is -2.30. The molecule has 0 atom stereocenters. The van der Waals surface area contributed by atoms with E-state index in [-0.39, 0.29) is 6.61 Å². The number of alkyl halides is 2. The molecule has 0 radical (unpaired) electrons. The van der Waals surface area contributed by atoms with Gasteiger partial charge in [0.2, 0.25) is 9.84 Å². The van der Waals surface area contributed by atoms with Gasteiger partial charge in [0, 0.05) is 6.42 Å². The molecule has 0 amide bonds. The summed E-state index contributed by atoms with van der Waals surface area (Å²) in [5.74, 6) is -0.873. The van der Waals surface area contributed by atoms with Gasteiger partial charge in [0.25, 0.3) is 0 Å². The number of hydrogen-bond donors (Lipinski definition) is 0. The molecule has 2 aromatic carbocycles. The van der Waals surface area contributed by atoms with Crippen LogP contribution in [0.25, 0.3) is 0 Å². The zero-order valence-corrected chi connectivity index (χ0v) is 13.5. The third-order valence-corrected chi connectivity index (χ3v) is 5.19. The van der Waals surface area contributed by atoms with Gasteiger partial charge < -0.3 is 4.74 Å². The zero-order valence-electron chi connectivity index (χ0n) is 12.7. The van der Waals surface area contributed by atoms with E-state index in [1.165, 1.54) is 18.2 Å². The quantitative estimate of drug-likeness (QED) is 0.713. The third kappa shape index (κ3) is 4.38. The number of hydrogen-bond acceptors (Lipinski definition) is 4. The van der Waals surface area contributed by atoms with Crippen molar-refractivity contribution in [3.8, 4) is 0 Å². The first-order chi connectivity index (χ1) is 11.3. The molecule has 128 valence electrons. The molecular weight excluding hydrogens is 338 g/mol. The highest BCUT2D eigenvalue weighted by Gasteiger charge is 2.45. The smallest absolute Gasteiger partial charge is 0.350 e. The van der Waals surface area contributed by atoms with Gasteiger partial charge in [-0.3, -0.25) is 4.79 Å². The van der Waals surface area contributed by atoms with Gasteiger partial charge in [0.05, 0.1) is 11.3 Å². The van der Waals surface area contributed by atoms with Crippen LogP contribution in [-0.2, 0) is 26.0 Å². The summed E-state index contributed by atoms with van der Waals surface area (Å²) < 4.78 is 56.8. The molecule has 0 unspecified atom stereocenters. The molecule has 0 saturated carbocycles. The fourth-order valence-corrected chi connectivity index (χ4v) is 3.20. The third-order valence-electron chi connectivity index (χ3n) is 3.31. The molecule has 2 rings (SSSR count). The van der Waals surface area contributed by atoms with Gasteiger partial charge in [0.15, 0.2) is 0 Å². The van der Waals surface area contributed by atoms with Gasteiger partial charge >= 0.3 is 11.2 Å². The van der Waals surface area contributed by atoms with Crippen molar-refractivity contribution in [2.45, 2.75) is 29.6 Å². The first kappa shape index (κ1) is 18.1. The fraction of sp³-hybridized carbons (Fsp3) is 0.235. The van der Waals surface area contributed by atoms with E-state index in [9.17, 15) is 22.0 Å². The molecule has 2 aromatic rings. The first-order valence-electron chi connectivity index (χ1n) is 7.20. The lowest BCUT2D eigenvalue weighted by atomic mass is 10.2. The van der Waals surface area contributed by atoms with Crippen molar-refractivity contribution in [3.63, 3.8) is 0 Å². The number of esters is 1. The average Bonchev–Trinajstić information content (AvgIpc) is 2.59. The van der Waals surface area contributed by atoms with Gasteiger partial charge in [-0.2, -0.15) is 8.78 Å². The monoisotopic (exact) mass is 354 g/mol. The molecule has 7 heteroatoms. The molecule has 0 N–H and O–H groups in total. The molecule has 0 saturated heterocycles. The van der Waals surface area contributed by atoms with Crippen LogP contribution >= 0.6 is 0 Å². The summed E-state index contributed by atoms with van der Waals surface area (Å²) >= 11 is 0. The Morgan fingerprint density at radius 2 is 1.50 bits per heavy atom. The Bertz CT molecular complexity index is 775. The number of carbonyl (C=O) groups excluding carboxylic acids is 1. The SMILES string of the molecule is O=C(CCC(F)(F)S(=O)(=O)c1ccccc1)OCc1ccccc1. The van der Waals surface area contributed by atoms with Gasteiger partial charge in [-0.1, -0.05) is 48.5 Å². The van der Waals surface area contributed by atoms with Crippen LogP contribution in [-0.4, -0.2) is 19.6 Å². The maximum absolute atomic E-state index is 14.0. The number of ether oxygens (including phenoxy) is 1. The summed E-state index contributed by atoms with van der Waals surface area (Å²) in [4.78, 5) is 11.1. The number of carbonyl (C=O) groups is 1. The van der Waals surface area contributed by atoms with Crippen LogP contribution in [0.3, 0.4) is 0 Å². The van der Waals surface area contributed by atoms with E-state index in [1.807, 2.05) is 0 Å². The van der Waals surface area contributed by atoms with E-state index in [4.69, 9.17) is 4.74 Å². The lowest BCUT2D eigenvalue weighted by Gasteiger charge is -2.16. The van der Waals surface area contributed by atoms with E-state index in [2.05, 4.69) is 0 Å². The van der Waals surface area contributed by atoms with E-state index in [1.54, 1.807) is 30.3 Å². The molecule has 0 heterocycles. The minimum Gasteiger partial charge on any atom is -0.461 e. The largest absolute Gasteiger partial charge is 0.461 e. The Morgan fingerprint density at radius 1 is 0.958 bits per heavy atom. The number of rotatable bonds is 7. The summed E-state index contributed by atoms with van der Waals surface area (Å²) in [6, 6.07) is 15.2. The van der Waals surface area contributed by atoms with Crippen molar-refractivity contribution in [1.29, 1.82) is 0 Å².